The number of aromatic nitrogens is 2. The molecule has 0 atom stereocenters. The van der Waals surface area contributed by atoms with Crippen molar-refractivity contribution in [1.82, 2.24) is 9.97 Å². The van der Waals surface area contributed by atoms with Crippen LogP contribution in [0.5, 0.6) is 0 Å². The first-order valence-corrected chi connectivity index (χ1v) is 4.53. The maximum Gasteiger partial charge on any atom is 0.278 e. The number of nitrogens with zero attached hydrogens (tertiary/aromatic N) is 1. The van der Waals surface area contributed by atoms with Crippen molar-refractivity contribution in [2.45, 2.75) is 0 Å². The number of rotatable bonds is 1. The Labute approximate surface area is 84.6 Å². The number of fused-ring (bicyclic) bond motifs is 1. The molecule has 1 aromatic carbocycles. The Morgan fingerprint density at radius 1 is 1.13 bits per heavy atom. The van der Waals surface area contributed by atoms with E-state index in [1.165, 1.54) is 6.07 Å². The molecule has 2 aromatic heterocycles. The molecule has 0 radical (unpaired) electrons. The van der Waals surface area contributed by atoms with Crippen LogP contribution in [0.25, 0.3) is 22.6 Å². The SMILES string of the molecule is Fc1ccc(-c2nc3ccccc3[nH]2)o1. The molecule has 3 aromatic rings. The third-order valence-electron chi connectivity index (χ3n) is 2.20. The molecular formula is C11H7FN2O. The summed E-state index contributed by atoms with van der Waals surface area (Å²) in [5.41, 5.74) is 1.74. The van der Waals surface area contributed by atoms with Gasteiger partial charge in [0.25, 0.3) is 6.01 Å². The second kappa shape index (κ2) is 2.95. The van der Waals surface area contributed by atoms with Gasteiger partial charge < -0.3 is 9.40 Å². The van der Waals surface area contributed by atoms with E-state index in [4.69, 9.17) is 4.42 Å². The smallest absolute Gasteiger partial charge is 0.278 e. The number of imidazole rings is 1. The summed E-state index contributed by atoms with van der Waals surface area (Å²) in [5, 5.41) is 0. The van der Waals surface area contributed by atoms with Gasteiger partial charge in [-0.1, -0.05) is 12.1 Å². The first-order chi connectivity index (χ1) is 7.33. The van der Waals surface area contributed by atoms with Crippen LogP contribution in [-0.4, -0.2) is 9.97 Å². The highest BCUT2D eigenvalue weighted by atomic mass is 19.1. The van der Waals surface area contributed by atoms with E-state index < -0.39 is 6.01 Å². The maximum absolute atomic E-state index is 12.7. The zero-order valence-electron chi connectivity index (χ0n) is 7.70. The van der Waals surface area contributed by atoms with E-state index in [2.05, 4.69) is 9.97 Å². The van der Waals surface area contributed by atoms with Crippen LogP contribution < -0.4 is 0 Å². The number of halogens is 1. The van der Waals surface area contributed by atoms with Gasteiger partial charge in [-0.05, 0) is 18.2 Å². The summed E-state index contributed by atoms with van der Waals surface area (Å²) in [7, 11) is 0. The van der Waals surface area contributed by atoms with Crippen LogP contribution in [0.3, 0.4) is 0 Å². The number of hydrogen-bond acceptors (Lipinski definition) is 2. The molecule has 2 heterocycles. The van der Waals surface area contributed by atoms with Crippen molar-refractivity contribution >= 4 is 11.0 Å². The molecule has 0 amide bonds. The third-order valence-corrected chi connectivity index (χ3v) is 2.20. The fraction of sp³-hybridized carbons (Fsp3) is 0. The Kier molecular flexibility index (Phi) is 1.62. The van der Waals surface area contributed by atoms with Crippen LogP contribution >= 0.6 is 0 Å². The predicted octanol–water partition coefficient (Wildman–Crippen LogP) is 2.96. The molecule has 74 valence electrons. The number of furan rings is 1. The topological polar surface area (TPSA) is 41.8 Å². The van der Waals surface area contributed by atoms with Crippen molar-refractivity contribution < 1.29 is 8.81 Å². The highest BCUT2D eigenvalue weighted by Gasteiger charge is 2.08. The van der Waals surface area contributed by atoms with Gasteiger partial charge in [0, 0.05) is 6.07 Å². The quantitative estimate of drug-likeness (QED) is 0.659. The number of hydrogen-bond donors (Lipinski definition) is 1. The second-order valence-electron chi connectivity index (χ2n) is 3.21. The summed E-state index contributed by atoms with van der Waals surface area (Å²) < 4.78 is 17.5. The lowest BCUT2D eigenvalue weighted by Gasteiger charge is -1.86. The molecule has 0 aliphatic carbocycles. The molecule has 0 unspecified atom stereocenters. The average Bonchev–Trinajstić information content (AvgIpc) is 2.82. The molecular weight excluding hydrogens is 195 g/mol. The van der Waals surface area contributed by atoms with Crippen LogP contribution in [0.4, 0.5) is 4.39 Å². The molecule has 0 aliphatic heterocycles. The van der Waals surface area contributed by atoms with Crippen LogP contribution in [0.1, 0.15) is 0 Å². The van der Waals surface area contributed by atoms with Crippen LogP contribution in [0, 0.1) is 6.01 Å². The number of para-hydroxylation sites is 2. The third kappa shape index (κ3) is 1.30. The Morgan fingerprint density at radius 3 is 2.73 bits per heavy atom. The lowest BCUT2D eigenvalue weighted by molar-refractivity contribution is 0.366. The zero-order chi connectivity index (χ0) is 10.3. The lowest BCUT2D eigenvalue weighted by atomic mass is 10.3. The van der Waals surface area contributed by atoms with Gasteiger partial charge in [-0.2, -0.15) is 4.39 Å². The van der Waals surface area contributed by atoms with E-state index in [0.717, 1.165) is 11.0 Å². The van der Waals surface area contributed by atoms with Crippen molar-refractivity contribution in [3.63, 3.8) is 0 Å². The number of nitrogens with one attached hydrogen (secondary N) is 1. The summed E-state index contributed by atoms with van der Waals surface area (Å²) >= 11 is 0. The van der Waals surface area contributed by atoms with E-state index in [1.807, 2.05) is 24.3 Å². The Hall–Kier alpha value is -2.10. The van der Waals surface area contributed by atoms with E-state index in [0.29, 0.717) is 11.6 Å². The van der Waals surface area contributed by atoms with Crippen LogP contribution in [0.2, 0.25) is 0 Å². The van der Waals surface area contributed by atoms with E-state index in [9.17, 15) is 4.39 Å². The molecule has 3 rings (SSSR count). The Bertz CT molecular complexity index is 579. The van der Waals surface area contributed by atoms with Gasteiger partial charge in [-0.25, -0.2) is 4.98 Å². The van der Waals surface area contributed by atoms with Crippen molar-refractivity contribution in [1.29, 1.82) is 0 Å². The summed E-state index contributed by atoms with van der Waals surface area (Å²) in [6.07, 6.45) is 0. The second-order valence-corrected chi connectivity index (χ2v) is 3.21. The lowest BCUT2D eigenvalue weighted by Crippen LogP contribution is -1.74. The van der Waals surface area contributed by atoms with Gasteiger partial charge in [0.05, 0.1) is 11.0 Å². The molecule has 0 saturated carbocycles. The number of benzene rings is 1. The molecule has 15 heavy (non-hydrogen) atoms. The highest BCUT2D eigenvalue weighted by molar-refractivity contribution is 5.78. The van der Waals surface area contributed by atoms with E-state index in [1.54, 1.807) is 6.07 Å². The van der Waals surface area contributed by atoms with E-state index >= 15 is 0 Å². The summed E-state index contributed by atoms with van der Waals surface area (Å²) in [4.78, 5) is 7.33. The largest absolute Gasteiger partial charge is 0.428 e. The minimum atomic E-state index is -0.606. The van der Waals surface area contributed by atoms with Gasteiger partial charge in [0.1, 0.15) is 0 Å². The zero-order valence-corrected chi connectivity index (χ0v) is 7.70. The molecule has 0 fully saturated rings. The molecule has 1 N–H and O–H groups in total. The van der Waals surface area contributed by atoms with Crippen molar-refractivity contribution in [3.05, 3.63) is 42.4 Å². The normalized spacial score (nSPS) is 11.0. The predicted molar refractivity (Wildman–Crippen MR) is 53.8 cm³/mol. The maximum atomic E-state index is 12.7. The molecule has 3 nitrogen and oxygen atoms in total. The molecule has 0 spiro atoms. The van der Waals surface area contributed by atoms with Gasteiger partial charge >= 0.3 is 0 Å². The van der Waals surface area contributed by atoms with Crippen molar-refractivity contribution in [2.24, 2.45) is 0 Å². The van der Waals surface area contributed by atoms with Gasteiger partial charge in [0.2, 0.25) is 0 Å². The highest BCUT2D eigenvalue weighted by Crippen LogP contribution is 2.21. The summed E-state index contributed by atoms with van der Waals surface area (Å²) in [6.45, 7) is 0. The van der Waals surface area contributed by atoms with E-state index in [-0.39, 0.29) is 0 Å². The molecule has 0 saturated heterocycles. The Balaban J connectivity index is 2.19. The monoisotopic (exact) mass is 202 g/mol. The average molecular weight is 202 g/mol. The fourth-order valence-electron chi connectivity index (χ4n) is 1.51. The standard InChI is InChI=1S/C11H7FN2O/c12-10-6-5-9(15-10)11-13-7-3-1-2-4-8(7)14-11/h1-6H,(H,13,14). The van der Waals surface area contributed by atoms with Crippen molar-refractivity contribution in [3.8, 4) is 11.6 Å². The van der Waals surface area contributed by atoms with Gasteiger partial charge in [0.15, 0.2) is 11.6 Å². The molecule has 0 bridgehead atoms. The number of H-pyrrole nitrogens is 1. The van der Waals surface area contributed by atoms with Crippen LogP contribution in [-0.2, 0) is 0 Å². The fourth-order valence-corrected chi connectivity index (χ4v) is 1.51. The minimum Gasteiger partial charge on any atom is -0.428 e. The Morgan fingerprint density at radius 2 is 2.00 bits per heavy atom. The molecule has 0 aliphatic rings. The first-order valence-electron chi connectivity index (χ1n) is 4.53. The van der Waals surface area contributed by atoms with Gasteiger partial charge in [-0.3, -0.25) is 0 Å². The molecule has 4 heteroatoms. The first kappa shape index (κ1) is 8.23. The van der Waals surface area contributed by atoms with Crippen LogP contribution in [0.15, 0.2) is 40.8 Å². The minimum absolute atomic E-state index is 0.406. The summed E-state index contributed by atoms with van der Waals surface area (Å²) in [5.74, 6) is 0.948. The number of aromatic amines is 1. The summed E-state index contributed by atoms with van der Waals surface area (Å²) in [6, 6.07) is 9.81. The van der Waals surface area contributed by atoms with Gasteiger partial charge in [-0.15, -0.1) is 0 Å². The van der Waals surface area contributed by atoms with Crippen molar-refractivity contribution in [2.75, 3.05) is 0 Å².